The number of hydrogen-bond donors (Lipinski definition) is 1. The van der Waals surface area contributed by atoms with Gasteiger partial charge in [0.15, 0.2) is 11.5 Å². The minimum Gasteiger partial charge on any atom is -0.486 e. The van der Waals surface area contributed by atoms with Crippen LogP contribution < -0.4 is 15.2 Å². The number of aryl methyl sites for hydroxylation is 1. The average Bonchev–Trinajstić information content (AvgIpc) is 2.30. The van der Waals surface area contributed by atoms with E-state index in [0.29, 0.717) is 13.2 Å². The summed E-state index contributed by atoms with van der Waals surface area (Å²) in [5, 5.41) is 0.751. The second-order valence-corrected chi connectivity index (χ2v) is 4.24. The lowest BCUT2D eigenvalue weighted by molar-refractivity contribution is 0.171. The number of nitrogens with two attached hydrogens (primary N) is 1. The highest BCUT2D eigenvalue weighted by atomic mass is 35.5. The Morgan fingerprint density at radius 1 is 1.12 bits per heavy atom. The van der Waals surface area contributed by atoms with Crippen molar-refractivity contribution in [3.05, 3.63) is 22.7 Å². The molecule has 0 spiro atoms. The Hall–Kier alpha value is -0.930. The molecule has 2 N–H and O–H groups in total. The smallest absolute Gasteiger partial charge is 0.162 e. The van der Waals surface area contributed by atoms with Gasteiger partial charge in [0.1, 0.15) is 13.2 Å². The lowest BCUT2D eigenvalue weighted by atomic mass is 10.1. The van der Waals surface area contributed by atoms with Gasteiger partial charge in [-0.2, -0.15) is 0 Å². The first kappa shape index (κ1) is 11.6. The van der Waals surface area contributed by atoms with E-state index in [1.165, 1.54) is 0 Å². The number of rotatable bonds is 4. The van der Waals surface area contributed by atoms with Gasteiger partial charge in [0.2, 0.25) is 0 Å². The molecule has 0 fully saturated rings. The third kappa shape index (κ3) is 2.60. The summed E-state index contributed by atoms with van der Waals surface area (Å²) in [6.07, 6.45) is 3.01. The van der Waals surface area contributed by atoms with Gasteiger partial charge in [-0.1, -0.05) is 11.6 Å². The summed E-state index contributed by atoms with van der Waals surface area (Å²) in [6.45, 7) is 1.93. The zero-order valence-electron chi connectivity index (χ0n) is 9.17. The van der Waals surface area contributed by atoms with Crippen LogP contribution in [0.3, 0.4) is 0 Å². The Balaban J connectivity index is 2.12. The highest BCUT2D eigenvalue weighted by Crippen LogP contribution is 2.35. The number of benzene rings is 1. The molecule has 0 aromatic heterocycles. The predicted molar refractivity (Wildman–Crippen MR) is 64.4 cm³/mol. The Kier molecular flexibility index (Phi) is 3.91. The predicted octanol–water partition coefficient (Wildman–Crippen LogP) is 2.39. The molecule has 0 saturated heterocycles. The first-order valence-corrected chi connectivity index (χ1v) is 5.97. The molecule has 0 unspecified atom stereocenters. The van der Waals surface area contributed by atoms with Crippen LogP contribution in [0.1, 0.15) is 18.4 Å². The third-order valence-electron chi connectivity index (χ3n) is 2.61. The van der Waals surface area contributed by atoms with Gasteiger partial charge in [0.05, 0.1) is 0 Å². The highest BCUT2D eigenvalue weighted by molar-refractivity contribution is 6.31. The van der Waals surface area contributed by atoms with Gasteiger partial charge >= 0.3 is 0 Å². The fourth-order valence-corrected chi connectivity index (χ4v) is 2.01. The summed E-state index contributed by atoms with van der Waals surface area (Å²) < 4.78 is 11.0. The van der Waals surface area contributed by atoms with Crippen LogP contribution >= 0.6 is 11.6 Å². The fourth-order valence-electron chi connectivity index (χ4n) is 1.76. The summed E-state index contributed by atoms with van der Waals surface area (Å²) in [5.74, 6) is 1.55. The Morgan fingerprint density at radius 3 is 2.50 bits per heavy atom. The summed E-state index contributed by atoms with van der Waals surface area (Å²) in [4.78, 5) is 0. The third-order valence-corrected chi connectivity index (χ3v) is 2.96. The molecule has 1 aromatic carbocycles. The van der Waals surface area contributed by atoms with Gasteiger partial charge < -0.3 is 15.2 Å². The van der Waals surface area contributed by atoms with E-state index in [1.54, 1.807) is 0 Å². The van der Waals surface area contributed by atoms with E-state index in [0.717, 1.165) is 47.9 Å². The Morgan fingerprint density at radius 2 is 1.81 bits per heavy atom. The van der Waals surface area contributed by atoms with E-state index < -0.39 is 0 Å². The Bertz CT molecular complexity index is 368. The molecule has 0 atom stereocenters. The van der Waals surface area contributed by atoms with Gasteiger partial charge in [-0.05, 0) is 37.4 Å². The van der Waals surface area contributed by atoms with Crippen molar-refractivity contribution in [2.45, 2.75) is 19.3 Å². The van der Waals surface area contributed by atoms with Crippen molar-refractivity contribution in [2.24, 2.45) is 5.73 Å². The number of ether oxygens (including phenoxy) is 2. The second-order valence-electron chi connectivity index (χ2n) is 3.83. The van der Waals surface area contributed by atoms with Crippen LogP contribution in [0, 0.1) is 0 Å². The number of halogens is 1. The van der Waals surface area contributed by atoms with E-state index >= 15 is 0 Å². The standard InChI is InChI=1S/C12H16ClNO2/c13-10-8-12-11(15-5-6-16-12)7-9(10)3-1-2-4-14/h7-8H,1-6,14H2. The minimum atomic E-state index is 0.593. The van der Waals surface area contributed by atoms with E-state index in [4.69, 9.17) is 26.8 Å². The van der Waals surface area contributed by atoms with Crippen LogP contribution in [0.15, 0.2) is 12.1 Å². The van der Waals surface area contributed by atoms with E-state index in [2.05, 4.69) is 0 Å². The molecule has 1 aliphatic rings. The first-order valence-electron chi connectivity index (χ1n) is 5.59. The molecular formula is C12H16ClNO2. The number of unbranched alkanes of at least 4 members (excludes halogenated alkanes) is 1. The molecule has 1 heterocycles. The van der Waals surface area contributed by atoms with Crippen LogP contribution in [0.25, 0.3) is 0 Å². The van der Waals surface area contributed by atoms with E-state index in [9.17, 15) is 0 Å². The van der Waals surface area contributed by atoms with Crippen molar-refractivity contribution < 1.29 is 9.47 Å². The van der Waals surface area contributed by atoms with Gasteiger partial charge in [0, 0.05) is 11.1 Å². The normalized spacial score (nSPS) is 13.9. The molecule has 1 aromatic rings. The van der Waals surface area contributed by atoms with Crippen LogP contribution in [0.4, 0.5) is 0 Å². The lowest BCUT2D eigenvalue weighted by Gasteiger charge is -2.19. The maximum Gasteiger partial charge on any atom is 0.162 e. The molecule has 0 radical (unpaired) electrons. The van der Waals surface area contributed by atoms with Crippen LogP contribution in [-0.2, 0) is 6.42 Å². The summed E-state index contributed by atoms with van der Waals surface area (Å²) in [5.41, 5.74) is 6.57. The molecule has 2 rings (SSSR count). The molecule has 0 saturated carbocycles. The van der Waals surface area contributed by atoms with Crippen LogP contribution in [0.2, 0.25) is 5.02 Å². The largest absolute Gasteiger partial charge is 0.486 e. The molecule has 0 bridgehead atoms. The van der Waals surface area contributed by atoms with Crippen molar-refractivity contribution in [3.63, 3.8) is 0 Å². The van der Waals surface area contributed by atoms with Gasteiger partial charge in [0.25, 0.3) is 0 Å². The number of hydrogen-bond acceptors (Lipinski definition) is 3. The maximum absolute atomic E-state index is 6.17. The molecular weight excluding hydrogens is 226 g/mol. The average molecular weight is 242 g/mol. The first-order chi connectivity index (χ1) is 7.81. The highest BCUT2D eigenvalue weighted by Gasteiger charge is 2.14. The topological polar surface area (TPSA) is 44.5 Å². The Labute approximate surface area is 100 Å². The minimum absolute atomic E-state index is 0.593. The maximum atomic E-state index is 6.17. The SMILES string of the molecule is NCCCCc1cc2c(cc1Cl)OCCO2. The lowest BCUT2D eigenvalue weighted by Crippen LogP contribution is -2.15. The van der Waals surface area contributed by atoms with Gasteiger partial charge in [-0.15, -0.1) is 0 Å². The van der Waals surface area contributed by atoms with Crippen molar-refractivity contribution in [1.29, 1.82) is 0 Å². The molecule has 4 heteroatoms. The van der Waals surface area contributed by atoms with E-state index in [1.807, 2.05) is 12.1 Å². The molecule has 0 aliphatic carbocycles. The fraction of sp³-hybridized carbons (Fsp3) is 0.500. The monoisotopic (exact) mass is 241 g/mol. The number of fused-ring (bicyclic) bond motifs is 1. The van der Waals surface area contributed by atoms with Crippen molar-refractivity contribution in [1.82, 2.24) is 0 Å². The molecule has 16 heavy (non-hydrogen) atoms. The molecule has 1 aliphatic heterocycles. The summed E-state index contributed by atoms with van der Waals surface area (Å²) >= 11 is 6.17. The van der Waals surface area contributed by atoms with Crippen LogP contribution in [-0.4, -0.2) is 19.8 Å². The van der Waals surface area contributed by atoms with Crippen molar-refractivity contribution in [3.8, 4) is 11.5 Å². The van der Waals surface area contributed by atoms with Crippen LogP contribution in [0.5, 0.6) is 11.5 Å². The summed E-state index contributed by atoms with van der Waals surface area (Å²) in [6, 6.07) is 3.82. The van der Waals surface area contributed by atoms with Crippen molar-refractivity contribution >= 4 is 11.6 Å². The summed E-state index contributed by atoms with van der Waals surface area (Å²) in [7, 11) is 0. The van der Waals surface area contributed by atoms with Gasteiger partial charge in [-0.3, -0.25) is 0 Å². The molecule has 88 valence electrons. The van der Waals surface area contributed by atoms with Gasteiger partial charge in [-0.25, -0.2) is 0 Å². The zero-order valence-corrected chi connectivity index (χ0v) is 9.93. The van der Waals surface area contributed by atoms with Crippen molar-refractivity contribution in [2.75, 3.05) is 19.8 Å². The van der Waals surface area contributed by atoms with E-state index in [-0.39, 0.29) is 0 Å². The molecule has 3 nitrogen and oxygen atoms in total. The quantitative estimate of drug-likeness (QED) is 0.824. The molecule has 0 amide bonds. The second kappa shape index (κ2) is 5.41. The zero-order chi connectivity index (χ0) is 11.4.